The second-order valence-corrected chi connectivity index (χ2v) is 18.6. The number of pyridine rings is 2. The van der Waals surface area contributed by atoms with Gasteiger partial charge in [0.1, 0.15) is 34.5 Å². The van der Waals surface area contributed by atoms with E-state index in [1.807, 2.05) is 110 Å². The van der Waals surface area contributed by atoms with E-state index in [4.69, 9.17) is 19.4 Å². The van der Waals surface area contributed by atoms with Crippen molar-refractivity contribution in [2.45, 2.75) is 123 Å². The summed E-state index contributed by atoms with van der Waals surface area (Å²) in [6.07, 6.45) is 14.7. The number of nitrogens with zero attached hydrogens (tertiary/aromatic N) is 6. The van der Waals surface area contributed by atoms with Crippen molar-refractivity contribution >= 4 is 28.9 Å². The van der Waals surface area contributed by atoms with Gasteiger partial charge < -0.3 is 38.5 Å². The van der Waals surface area contributed by atoms with E-state index in [0.717, 1.165) is 102 Å². The van der Waals surface area contributed by atoms with Crippen LogP contribution in [0.5, 0.6) is 11.5 Å². The molecule has 2 N–H and O–H groups in total. The van der Waals surface area contributed by atoms with E-state index in [1.165, 1.54) is 19.3 Å². The number of imidazole rings is 2. The molecular weight excluding hydrogens is 855 g/mol. The van der Waals surface area contributed by atoms with Crippen molar-refractivity contribution in [3.8, 4) is 34.0 Å². The number of hydrogen-bond acceptors (Lipinski definition) is 7. The zero-order valence-electron chi connectivity index (χ0n) is 41.0. The fourth-order valence-electron chi connectivity index (χ4n) is 10.2. The smallest absolute Gasteiger partial charge is 0.317 e. The van der Waals surface area contributed by atoms with Crippen LogP contribution in [0.3, 0.4) is 0 Å². The molecule has 1 aliphatic carbocycles. The van der Waals surface area contributed by atoms with E-state index < -0.39 is 11.4 Å². The summed E-state index contributed by atoms with van der Waals surface area (Å²) in [7, 11) is 3.37. The Hall–Kier alpha value is -6.37. The van der Waals surface area contributed by atoms with Crippen LogP contribution in [0.2, 0.25) is 0 Å². The Morgan fingerprint density at radius 2 is 1.19 bits per heavy atom. The van der Waals surface area contributed by atoms with Gasteiger partial charge in [-0.25, -0.2) is 14.8 Å². The molecule has 2 aliphatic heterocycles. The summed E-state index contributed by atoms with van der Waals surface area (Å²) in [5.74, 6) is 3.28. The van der Waals surface area contributed by atoms with Crippen molar-refractivity contribution < 1.29 is 29.0 Å². The van der Waals surface area contributed by atoms with Crippen LogP contribution in [0.1, 0.15) is 128 Å². The van der Waals surface area contributed by atoms with E-state index in [1.54, 1.807) is 14.2 Å². The van der Waals surface area contributed by atoms with Crippen LogP contribution in [-0.4, -0.2) is 98.0 Å². The number of carboxylic acid groups (broad SMARTS) is 1. The number of para-hydroxylation sites is 2. The highest BCUT2D eigenvalue weighted by atomic mass is 16.5. The Kier molecular flexibility index (Phi) is 16.8. The largest absolute Gasteiger partial charge is 0.496 e. The number of likely N-dealkylation sites (tertiary alicyclic amines) is 2. The normalized spacial score (nSPS) is 17.6. The SMILES string of the molecule is CC.CCC(C)(CC(=O)O)CC(=O)N1CCC(c2nc(-c3ccccc3OC)c3ccccn23)CC1.COc1ccccc1-c1nc(C2CCCN(C(=O)NC3CCCCC3)C2)n2ccccc12. The van der Waals surface area contributed by atoms with Gasteiger partial charge in [0, 0.05) is 74.0 Å². The van der Waals surface area contributed by atoms with Crippen molar-refractivity contribution in [1.29, 1.82) is 0 Å². The van der Waals surface area contributed by atoms with Crippen molar-refractivity contribution in [3.63, 3.8) is 0 Å². The third kappa shape index (κ3) is 11.3. The topological polar surface area (TPSA) is 143 Å². The molecular formula is C55H71N7O6. The number of aliphatic carboxylic acids is 1. The number of methoxy groups -OCH3 is 2. The minimum absolute atomic E-state index is 0.0114. The monoisotopic (exact) mass is 926 g/mol. The molecule has 6 heterocycles. The molecule has 6 aromatic rings. The maximum Gasteiger partial charge on any atom is 0.317 e. The Balaban J connectivity index is 0.000000195. The van der Waals surface area contributed by atoms with Crippen molar-refractivity contribution in [1.82, 2.24) is 33.9 Å². The highest BCUT2D eigenvalue weighted by Gasteiger charge is 2.34. The van der Waals surface area contributed by atoms with Gasteiger partial charge in [0.15, 0.2) is 0 Å². The molecule has 3 fully saturated rings. The number of piperidine rings is 2. The summed E-state index contributed by atoms with van der Waals surface area (Å²) >= 11 is 0. The number of rotatable bonds is 12. The Labute approximate surface area is 401 Å². The molecule has 13 nitrogen and oxygen atoms in total. The quantitative estimate of drug-likeness (QED) is 0.123. The molecule has 2 atom stereocenters. The third-order valence-electron chi connectivity index (χ3n) is 14.1. The van der Waals surface area contributed by atoms with Gasteiger partial charge in [-0.2, -0.15) is 0 Å². The van der Waals surface area contributed by atoms with Crippen LogP contribution in [0.25, 0.3) is 33.5 Å². The fraction of sp³-hybridized carbons (Fsp3) is 0.473. The highest BCUT2D eigenvalue weighted by Crippen LogP contribution is 2.39. The molecule has 4 aromatic heterocycles. The fourth-order valence-corrected chi connectivity index (χ4v) is 10.2. The lowest BCUT2D eigenvalue weighted by Gasteiger charge is -2.34. The molecule has 362 valence electrons. The molecule has 2 aromatic carbocycles. The number of carbonyl (C=O) groups is 3. The molecule has 2 saturated heterocycles. The second kappa shape index (κ2) is 23.1. The van der Waals surface area contributed by atoms with Gasteiger partial charge in [0.05, 0.1) is 31.7 Å². The van der Waals surface area contributed by atoms with E-state index in [9.17, 15) is 19.5 Å². The molecule has 2 unspecified atom stereocenters. The molecule has 0 radical (unpaired) electrons. The van der Waals surface area contributed by atoms with E-state index in [2.05, 4.69) is 38.5 Å². The van der Waals surface area contributed by atoms with Gasteiger partial charge in [-0.05, 0) is 98.9 Å². The summed E-state index contributed by atoms with van der Waals surface area (Å²) in [5, 5.41) is 12.5. The van der Waals surface area contributed by atoms with Crippen molar-refractivity contribution in [3.05, 3.63) is 109 Å². The minimum atomic E-state index is -0.854. The lowest BCUT2D eigenvalue weighted by molar-refractivity contribution is -0.141. The standard InChI is InChI=1S/C27H33N3O4.C26H32N4O2.C2H6/c1-4-27(2,18-24(32)33)17-23(31)29-15-12-19(13-16-29)26-28-25(21-10-7-8-14-30(21)26)20-9-5-6-11-22(20)34-3;1-32-23-15-6-5-13-21(23)24-22-14-7-8-17-30(22)25(28-24)19-10-9-16-29(18-19)26(31)27-20-11-3-2-4-12-20;1-2/h5-11,14,19H,4,12-13,15-18H2,1-3H3,(H,32,33);5-8,13-15,17,19-20H,2-4,9-12,16,18H2,1H3,(H,27,31);1-2H3. The van der Waals surface area contributed by atoms with Crippen molar-refractivity contribution in [2.24, 2.45) is 5.41 Å². The number of hydrogen-bond donors (Lipinski definition) is 2. The van der Waals surface area contributed by atoms with E-state index in [0.29, 0.717) is 32.1 Å². The zero-order chi connectivity index (χ0) is 48.2. The summed E-state index contributed by atoms with van der Waals surface area (Å²) in [6, 6.07) is 28.7. The second-order valence-electron chi connectivity index (χ2n) is 18.6. The number of carbonyl (C=O) groups excluding carboxylic acids is 2. The van der Waals surface area contributed by atoms with Gasteiger partial charge in [-0.1, -0.05) is 83.4 Å². The number of fused-ring (bicyclic) bond motifs is 2. The van der Waals surface area contributed by atoms with Crippen LogP contribution in [0, 0.1) is 5.41 Å². The zero-order valence-corrected chi connectivity index (χ0v) is 41.0. The molecule has 0 spiro atoms. The third-order valence-corrected chi connectivity index (χ3v) is 14.1. The maximum atomic E-state index is 13.0. The summed E-state index contributed by atoms with van der Waals surface area (Å²) in [6.45, 7) is 10.7. The Bertz CT molecular complexity index is 2630. The van der Waals surface area contributed by atoms with Gasteiger partial charge in [-0.15, -0.1) is 0 Å². The molecule has 68 heavy (non-hydrogen) atoms. The first-order chi connectivity index (χ1) is 33.1. The highest BCUT2D eigenvalue weighted by molar-refractivity contribution is 5.83. The van der Waals surface area contributed by atoms with Crippen LogP contribution >= 0.6 is 0 Å². The van der Waals surface area contributed by atoms with Gasteiger partial charge in [0.25, 0.3) is 0 Å². The Morgan fingerprint density at radius 3 is 1.72 bits per heavy atom. The summed E-state index contributed by atoms with van der Waals surface area (Å²) in [5.41, 5.74) is 5.38. The molecule has 0 bridgehead atoms. The molecule has 13 heteroatoms. The van der Waals surface area contributed by atoms with Gasteiger partial charge in [0.2, 0.25) is 5.91 Å². The number of carboxylic acids is 1. The molecule has 3 amide bonds. The number of amides is 3. The average molecular weight is 926 g/mol. The Morgan fingerprint density at radius 1 is 0.662 bits per heavy atom. The first-order valence-corrected chi connectivity index (χ1v) is 24.9. The molecule has 3 aliphatic rings. The number of benzene rings is 2. The lowest BCUT2D eigenvalue weighted by atomic mass is 9.80. The van der Waals surface area contributed by atoms with Crippen LogP contribution in [0.15, 0.2) is 97.3 Å². The maximum absolute atomic E-state index is 13.0. The first-order valence-electron chi connectivity index (χ1n) is 24.9. The summed E-state index contributed by atoms with van der Waals surface area (Å²) < 4.78 is 15.5. The average Bonchev–Trinajstić information content (AvgIpc) is 3.97. The summed E-state index contributed by atoms with van der Waals surface area (Å²) in [4.78, 5) is 51.3. The van der Waals surface area contributed by atoms with Crippen LogP contribution in [0.4, 0.5) is 4.79 Å². The number of urea groups is 1. The number of ether oxygens (including phenoxy) is 2. The van der Waals surface area contributed by atoms with Gasteiger partial charge >= 0.3 is 12.0 Å². The lowest BCUT2D eigenvalue weighted by Crippen LogP contribution is -2.48. The molecule has 9 rings (SSSR count). The van der Waals surface area contributed by atoms with E-state index in [-0.39, 0.29) is 36.6 Å². The minimum Gasteiger partial charge on any atom is -0.496 e. The first kappa shape index (κ1) is 49.5. The van der Waals surface area contributed by atoms with E-state index >= 15 is 0 Å². The van der Waals surface area contributed by atoms with Crippen molar-refractivity contribution in [2.75, 3.05) is 40.4 Å². The van der Waals surface area contributed by atoms with Crippen LogP contribution in [-0.2, 0) is 9.59 Å². The number of nitrogens with one attached hydrogen (secondary N) is 1. The van der Waals surface area contributed by atoms with Gasteiger partial charge in [-0.3, -0.25) is 9.59 Å². The predicted octanol–water partition coefficient (Wildman–Crippen LogP) is 11.3. The number of aromatic nitrogens is 4. The molecule has 1 saturated carbocycles. The predicted molar refractivity (Wildman–Crippen MR) is 268 cm³/mol. The van der Waals surface area contributed by atoms with Crippen LogP contribution < -0.4 is 14.8 Å².